The van der Waals surface area contributed by atoms with Crippen LogP contribution in [-0.4, -0.2) is 5.78 Å². The Hall–Kier alpha value is -2.48. The topological polar surface area (TPSA) is 40.9 Å². The maximum atomic E-state index is 12.7. The Balaban J connectivity index is 2.03. The molecule has 0 aliphatic carbocycles. The third kappa shape index (κ3) is 3.06. The molecule has 0 unspecified atom stereocenters. The maximum Gasteiger partial charge on any atom is 0.204 e. The lowest BCUT2D eigenvalue weighted by atomic mass is 10.0. The number of carbonyl (C=O) groups excluding carboxylic acids is 1. The van der Waals surface area contributed by atoms with Gasteiger partial charge in [-0.3, -0.25) is 4.79 Å². The second-order valence-corrected chi connectivity index (χ2v) is 6.47. The first-order valence-corrected chi connectivity index (χ1v) is 8.38. The van der Waals surface area contributed by atoms with Crippen molar-refractivity contribution in [3.63, 3.8) is 0 Å². The molecule has 0 aliphatic heterocycles. The van der Waals surface area contributed by atoms with Crippen LogP contribution in [0.4, 0.5) is 0 Å². The van der Waals surface area contributed by atoms with Crippen LogP contribution in [0.1, 0.15) is 25.7 Å². The van der Waals surface area contributed by atoms with Gasteiger partial charge in [0.05, 0.1) is 16.5 Å². The molecule has 0 fully saturated rings. The molecule has 0 aliphatic rings. The van der Waals surface area contributed by atoms with Crippen molar-refractivity contribution in [1.29, 1.82) is 5.26 Å². The summed E-state index contributed by atoms with van der Waals surface area (Å²) >= 11 is 2.99. The number of ketones is 1. The highest BCUT2D eigenvalue weighted by atomic mass is 32.1. The predicted octanol–water partition coefficient (Wildman–Crippen LogP) is 5.10. The van der Waals surface area contributed by atoms with E-state index in [9.17, 15) is 4.79 Å². The quantitative estimate of drug-likeness (QED) is 0.495. The van der Waals surface area contributed by atoms with E-state index in [-0.39, 0.29) is 5.78 Å². The van der Waals surface area contributed by atoms with E-state index < -0.39 is 0 Å². The van der Waals surface area contributed by atoms with Crippen LogP contribution < -0.4 is 0 Å². The van der Waals surface area contributed by atoms with Gasteiger partial charge in [-0.2, -0.15) is 5.26 Å². The number of hydrogen-bond donors (Lipinski definition) is 0. The normalized spacial score (nSPS) is 11.1. The molecule has 2 aromatic heterocycles. The number of allylic oxidation sites excluding steroid dienone is 1. The van der Waals surface area contributed by atoms with E-state index in [4.69, 9.17) is 5.26 Å². The van der Waals surface area contributed by atoms with Crippen LogP contribution in [0, 0.1) is 11.3 Å². The van der Waals surface area contributed by atoms with E-state index in [1.165, 1.54) is 11.3 Å². The van der Waals surface area contributed by atoms with Gasteiger partial charge in [-0.05, 0) is 46.7 Å². The van der Waals surface area contributed by atoms with Gasteiger partial charge in [-0.15, -0.1) is 22.7 Å². The summed E-state index contributed by atoms with van der Waals surface area (Å²) in [5, 5.41) is 12.7. The van der Waals surface area contributed by atoms with Crippen LogP contribution in [0.15, 0.2) is 59.3 Å². The molecule has 0 radical (unpaired) electrons. The summed E-state index contributed by atoms with van der Waals surface area (Å²) in [5.74, 6) is 0.0295. The van der Waals surface area contributed by atoms with Crippen molar-refractivity contribution >= 4 is 40.1 Å². The molecule has 0 atom stereocenters. The minimum absolute atomic E-state index is 0.0295. The Labute approximate surface area is 136 Å². The molecule has 0 spiro atoms. The second kappa shape index (κ2) is 6.52. The van der Waals surface area contributed by atoms with Crippen LogP contribution in [-0.2, 0) is 0 Å². The van der Waals surface area contributed by atoms with Gasteiger partial charge in [-0.1, -0.05) is 24.3 Å². The number of hydrogen-bond acceptors (Lipinski definition) is 4. The van der Waals surface area contributed by atoms with E-state index >= 15 is 0 Å². The van der Waals surface area contributed by atoms with Crippen molar-refractivity contribution in [3.8, 4) is 6.07 Å². The maximum absolute atomic E-state index is 12.7. The van der Waals surface area contributed by atoms with Crippen molar-refractivity contribution in [2.75, 3.05) is 0 Å². The van der Waals surface area contributed by atoms with Gasteiger partial charge in [0.15, 0.2) is 0 Å². The Kier molecular flexibility index (Phi) is 4.29. The molecular formula is C18H11NOS2. The number of thiophene rings is 2. The molecule has 22 heavy (non-hydrogen) atoms. The third-order valence-corrected chi connectivity index (χ3v) is 4.90. The van der Waals surface area contributed by atoms with E-state index in [1.807, 2.05) is 53.2 Å². The van der Waals surface area contributed by atoms with Gasteiger partial charge >= 0.3 is 0 Å². The Morgan fingerprint density at radius 2 is 1.59 bits per heavy atom. The van der Waals surface area contributed by atoms with E-state index in [2.05, 4.69) is 6.07 Å². The van der Waals surface area contributed by atoms with Gasteiger partial charge in [0.25, 0.3) is 0 Å². The molecule has 2 nitrogen and oxygen atoms in total. The minimum atomic E-state index is 0.0295. The summed E-state index contributed by atoms with van der Waals surface area (Å²) in [6.07, 6.45) is 1.88. The van der Waals surface area contributed by atoms with Crippen LogP contribution in [0.25, 0.3) is 11.6 Å². The van der Waals surface area contributed by atoms with Gasteiger partial charge in [0.1, 0.15) is 0 Å². The van der Waals surface area contributed by atoms with Gasteiger partial charge in [-0.25, -0.2) is 0 Å². The zero-order valence-corrected chi connectivity index (χ0v) is 13.2. The van der Waals surface area contributed by atoms with Crippen molar-refractivity contribution < 1.29 is 4.79 Å². The summed E-state index contributed by atoms with van der Waals surface area (Å²) in [6.45, 7) is 0. The highest BCUT2D eigenvalue weighted by molar-refractivity contribution is 7.14. The molecule has 0 N–H and O–H groups in total. The van der Waals surface area contributed by atoms with Crippen LogP contribution in [0.2, 0.25) is 0 Å². The van der Waals surface area contributed by atoms with E-state index in [0.717, 1.165) is 15.3 Å². The zero-order valence-electron chi connectivity index (χ0n) is 11.5. The molecule has 0 saturated carbocycles. The fourth-order valence-electron chi connectivity index (χ4n) is 2.04. The van der Waals surface area contributed by atoms with E-state index in [0.29, 0.717) is 11.1 Å². The average Bonchev–Trinajstić information content (AvgIpc) is 3.25. The van der Waals surface area contributed by atoms with Crippen molar-refractivity contribution in [2.24, 2.45) is 0 Å². The average molecular weight is 321 g/mol. The fourth-order valence-corrected chi connectivity index (χ4v) is 3.46. The number of rotatable bonds is 4. The highest BCUT2D eigenvalue weighted by Gasteiger charge is 2.16. The first-order valence-electron chi connectivity index (χ1n) is 6.62. The number of carbonyl (C=O) groups is 1. The largest absolute Gasteiger partial charge is 0.288 e. The van der Waals surface area contributed by atoms with Gasteiger partial charge in [0, 0.05) is 10.5 Å². The number of nitriles is 1. The molecule has 0 saturated heterocycles. The monoisotopic (exact) mass is 321 g/mol. The summed E-state index contributed by atoms with van der Waals surface area (Å²) in [4.78, 5) is 14.4. The van der Waals surface area contributed by atoms with Crippen LogP contribution in [0.3, 0.4) is 0 Å². The lowest BCUT2D eigenvalue weighted by Crippen LogP contribution is -1.99. The van der Waals surface area contributed by atoms with Gasteiger partial charge in [0.2, 0.25) is 5.78 Å². The Bertz CT molecular complexity index is 836. The van der Waals surface area contributed by atoms with Crippen molar-refractivity contribution in [2.45, 2.75) is 0 Å². The minimum Gasteiger partial charge on any atom is -0.288 e. The van der Waals surface area contributed by atoms with Crippen LogP contribution in [0.5, 0.6) is 0 Å². The first-order chi connectivity index (χ1) is 10.8. The molecule has 3 aromatic rings. The SMILES string of the molecule is N#Cc1ccc(/C=C(/C(=O)c2cccs2)c2cccs2)cc1. The predicted molar refractivity (Wildman–Crippen MR) is 92.0 cm³/mol. The van der Waals surface area contributed by atoms with Crippen molar-refractivity contribution in [3.05, 3.63) is 80.2 Å². The summed E-state index contributed by atoms with van der Waals surface area (Å²) in [5.41, 5.74) is 2.20. The molecular weight excluding hydrogens is 310 g/mol. The lowest BCUT2D eigenvalue weighted by molar-refractivity contribution is 0.106. The third-order valence-electron chi connectivity index (χ3n) is 3.13. The zero-order chi connectivity index (χ0) is 15.4. The highest BCUT2D eigenvalue weighted by Crippen LogP contribution is 2.28. The second-order valence-electron chi connectivity index (χ2n) is 4.58. The molecule has 0 amide bonds. The molecule has 4 heteroatoms. The smallest absolute Gasteiger partial charge is 0.204 e. The molecule has 2 heterocycles. The molecule has 1 aromatic carbocycles. The summed E-state index contributed by atoms with van der Waals surface area (Å²) in [6, 6.07) is 16.9. The summed E-state index contributed by atoms with van der Waals surface area (Å²) in [7, 11) is 0. The van der Waals surface area contributed by atoms with Crippen LogP contribution >= 0.6 is 22.7 Å². The van der Waals surface area contributed by atoms with Gasteiger partial charge < -0.3 is 0 Å². The Morgan fingerprint density at radius 1 is 0.955 bits per heavy atom. The molecule has 3 rings (SSSR count). The number of nitrogens with zero attached hydrogens (tertiary/aromatic N) is 1. The standard InChI is InChI=1S/C18H11NOS2/c19-12-14-7-5-13(6-8-14)11-15(16-3-1-9-21-16)18(20)17-4-2-10-22-17/h1-11H/b15-11+. The first kappa shape index (κ1) is 14.5. The lowest BCUT2D eigenvalue weighted by Gasteiger charge is -2.04. The Morgan fingerprint density at radius 3 is 2.14 bits per heavy atom. The van der Waals surface area contributed by atoms with E-state index in [1.54, 1.807) is 23.5 Å². The fraction of sp³-hybridized carbons (Fsp3) is 0. The number of Topliss-reactive ketones (excluding diaryl/α,β-unsaturated/α-hetero) is 1. The van der Waals surface area contributed by atoms with Crippen molar-refractivity contribution in [1.82, 2.24) is 0 Å². The molecule has 0 bridgehead atoms. The molecule has 106 valence electrons. The summed E-state index contributed by atoms with van der Waals surface area (Å²) < 4.78 is 0. The number of benzene rings is 1.